The molecule has 1 atom stereocenters. The number of hydrogen-bond donors (Lipinski definition) is 1. The summed E-state index contributed by atoms with van der Waals surface area (Å²) in [7, 11) is 0. The largest absolute Gasteiger partial charge is 0.488 e. The number of amides is 1. The standard InChI is InChI=1S/C33H32BrFN2O2S/c1-33(2,3)23-14-15-25-29(18-23)40-32(30(25)31(38)37-24-10-5-4-6-11-24)36-19-21-13-16-28(26(34)17-21)39-20-22-9-7-8-12-27(22)35/h4-13,16-17,19,23H,14-15,18,20H2,1-3H3,(H,37,38)/t23-/m1/s1. The smallest absolute Gasteiger partial charge is 0.259 e. The van der Waals surface area contributed by atoms with Crippen molar-refractivity contribution in [3.05, 3.63) is 110 Å². The fourth-order valence-corrected chi connectivity index (χ4v) is 6.75. The minimum atomic E-state index is -0.290. The fraction of sp³-hybridized carbons (Fsp3) is 0.273. The molecule has 1 aromatic heterocycles. The van der Waals surface area contributed by atoms with E-state index in [0.29, 0.717) is 22.8 Å². The first kappa shape index (κ1) is 28.2. The normalized spacial score (nSPS) is 15.2. The Balaban J connectivity index is 1.39. The van der Waals surface area contributed by atoms with Crippen LogP contribution in [0, 0.1) is 17.2 Å². The number of halogens is 2. The van der Waals surface area contributed by atoms with Crippen molar-refractivity contribution in [2.75, 3.05) is 5.32 Å². The van der Waals surface area contributed by atoms with Crippen LogP contribution in [0.15, 0.2) is 82.3 Å². The molecule has 1 amide bonds. The van der Waals surface area contributed by atoms with Gasteiger partial charge in [0.1, 0.15) is 23.2 Å². The molecule has 1 heterocycles. The van der Waals surface area contributed by atoms with Gasteiger partial charge in [0.05, 0.1) is 10.0 Å². The maximum atomic E-state index is 14.0. The lowest BCUT2D eigenvalue weighted by Gasteiger charge is -2.33. The van der Waals surface area contributed by atoms with Crippen molar-refractivity contribution in [1.29, 1.82) is 0 Å². The van der Waals surface area contributed by atoms with Crippen molar-refractivity contribution in [3.8, 4) is 5.75 Å². The van der Waals surface area contributed by atoms with Crippen molar-refractivity contribution in [2.24, 2.45) is 16.3 Å². The summed E-state index contributed by atoms with van der Waals surface area (Å²) in [6.45, 7) is 7.01. The molecule has 5 rings (SSSR count). The summed E-state index contributed by atoms with van der Waals surface area (Å²) >= 11 is 5.19. The van der Waals surface area contributed by atoms with Crippen LogP contribution in [-0.2, 0) is 19.4 Å². The molecular formula is C33H32BrFN2O2S. The molecule has 0 saturated heterocycles. The highest BCUT2D eigenvalue weighted by molar-refractivity contribution is 9.10. The Morgan fingerprint density at radius 1 is 1.12 bits per heavy atom. The summed E-state index contributed by atoms with van der Waals surface area (Å²) in [6.07, 6.45) is 4.68. The second-order valence-corrected chi connectivity index (χ2v) is 13.1. The molecule has 0 bridgehead atoms. The van der Waals surface area contributed by atoms with Crippen molar-refractivity contribution in [3.63, 3.8) is 0 Å². The number of carbonyl (C=O) groups is 1. The predicted octanol–water partition coefficient (Wildman–Crippen LogP) is 9.38. The van der Waals surface area contributed by atoms with Crippen LogP contribution in [0.4, 0.5) is 15.1 Å². The lowest BCUT2D eigenvalue weighted by atomic mass is 9.72. The van der Waals surface area contributed by atoms with Crippen LogP contribution in [0.1, 0.15) is 59.1 Å². The third-order valence-corrected chi connectivity index (χ3v) is 9.14. The van der Waals surface area contributed by atoms with E-state index in [4.69, 9.17) is 9.73 Å². The number of fused-ring (bicyclic) bond motifs is 1. The molecule has 7 heteroatoms. The molecule has 1 aliphatic rings. The average Bonchev–Trinajstić information content (AvgIpc) is 3.30. The zero-order valence-electron chi connectivity index (χ0n) is 22.8. The molecular weight excluding hydrogens is 587 g/mol. The van der Waals surface area contributed by atoms with Crippen LogP contribution in [0.2, 0.25) is 0 Å². The number of hydrogen-bond acceptors (Lipinski definition) is 4. The minimum absolute atomic E-state index is 0.122. The lowest BCUT2D eigenvalue weighted by Crippen LogP contribution is -2.27. The number of para-hydroxylation sites is 1. The van der Waals surface area contributed by atoms with Gasteiger partial charge in [0.2, 0.25) is 0 Å². The number of nitrogens with one attached hydrogen (secondary N) is 1. The Kier molecular flexibility index (Phi) is 8.52. The fourth-order valence-electron chi connectivity index (χ4n) is 4.97. The molecule has 40 heavy (non-hydrogen) atoms. The Morgan fingerprint density at radius 2 is 1.88 bits per heavy atom. The maximum absolute atomic E-state index is 14.0. The molecule has 0 spiro atoms. The van der Waals surface area contributed by atoms with Gasteiger partial charge in [-0.2, -0.15) is 0 Å². The number of thiophene rings is 1. The number of ether oxygens (including phenoxy) is 1. The molecule has 0 fully saturated rings. The molecule has 3 aromatic carbocycles. The quantitative estimate of drug-likeness (QED) is 0.210. The third kappa shape index (κ3) is 6.53. The van der Waals surface area contributed by atoms with Crippen LogP contribution >= 0.6 is 27.3 Å². The minimum Gasteiger partial charge on any atom is -0.488 e. The molecule has 0 saturated carbocycles. The van der Waals surface area contributed by atoms with Gasteiger partial charge in [0.25, 0.3) is 5.91 Å². The van der Waals surface area contributed by atoms with Gasteiger partial charge in [0, 0.05) is 22.3 Å². The second kappa shape index (κ2) is 12.1. The second-order valence-electron chi connectivity index (χ2n) is 11.1. The van der Waals surface area contributed by atoms with E-state index in [-0.39, 0.29) is 23.7 Å². The van der Waals surface area contributed by atoms with E-state index >= 15 is 0 Å². The first-order chi connectivity index (χ1) is 19.2. The van der Waals surface area contributed by atoms with Crippen LogP contribution in [0.25, 0.3) is 0 Å². The van der Waals surface area contributed by atoms with E-state index in [9.17, 15) is 9.18 Å². The Morgan fingerprint density at radius 3 is 2.60 bits per heavy atom. The highest BCUT2D eigenvalue weighted by Crippen LogP contribution is 2.45. The molecule has 1 N–H and O–H groups in total. The summed E-state index contributed by atoms with van der Waals surface area (Å²) in [5.74, 6) is 0.765. The lowest BCUT2D eigenvalue weighted by molar-refractivity contribution is 0.102. The summed E-state index contributed by atoms with van der Waals surface area (Å²) in [5, 5.41) is 3.79. The zero-order valence-corrected chi connectivity index (χ0v) is 25.2. The van der Waals surface area contributed by atoms with E-state index in [1.807, 2.05) is 48.5 Å². The van der Waals surface area contributed by atoms with E-state index in [1.54, 1.807) is 35.8 Å². The van der Waals surface area contributed by atoms with E-state index in [2.05, 4.69) is 42.0 Å². The van der Waals surface area contributed by atoms with E-state index in [0.717, 1.165) is 45.6 Å². The highest BCUT2D eigenvalue weighted by atomic mass is 79.9. The number of nitrogens with zero attached hydrogens (tertiary/aromatic N) is 1. The van der Waals surface area contributed by atoms with E-state index < -0.39 is 0 Å². The number of carbonyl (C=O) groups excluding carboxylic acids is 1. The molecule has 206 valence electrons. The summed E-state index contributed by atoms with van der Waals surface area (Å²) in [5.41, 5.74) is 4.14. The molecule has 0 unspecified atom stereocenters. The van der Waals surface area contributed by atoms with Gasteiger partial charge in [-0.05, 0) is 94.1 Å². The van der Waals surface area contributed by atoms with E-state index in [1.165, 1.54) is 10.9 Å². The van der Waals surface area contributed by atoms with Gasteiger partial charge in [0.15, 0.2) is 0 Å². The van der Waals surface area contributed by atoms with Crippen LogP contribution in [-0.4, -0.2) is 12.1 Å². The van der Waals surface area contributed by atoms with Gasteiger partial charge in [-0.25, -0.2) is 9.38 Å². The molecule has 1 aliphatic carbocycles. The predicted molar refractivity (Wildman–Crippen MR) is 166 cm³/mol. The van der Waals surface area contributed by atoms with Gasteiger partial charge >= 0.3 is 0 Å². The first-order valence-electron chi connectivity index (χ1n) is 13.4. The number of aliphatic imine (C=N–C) groups is 1. The Hall–Kier alpha value is -3.29. The number of benzene rings is 3. The Bertz CT molecular complexity index is 1540. The van der Waals surface area contributed by atoms with Crippen molar-refractivity contribution < 1.29 is 13.9 Å². The molecule has 0 aliphatic heterocycles. The first-order valence-corrected chi connectivity index (χ1v) is 15.0. The monoisotopic (exact) mass is 618 g/mol. The maximum Gasteiger partial charge on any atom is 0.259 e. The zero-order chi connectivity index (χ0) is 28.3. The molecule has 0 radical (unpaired) electrons. The topological polar surface area (TPSA) is 50.7 Å². The Labute approximate surface area is 247 Å². The molecule has 4 nitrogen and oxygen atoms in total. The van der Waals surface area contributed by atoms with Crippen molar-refractivity contribution >= 4 is 50.1 Å². The average molecular weight is 620 g/mol. The van der Waals surface area contributed by atoms with Gasteiger partial charge in [-0.1, -0.05) is 57.2 Å². The summed E-state index contributed by atoms with van der Waals surface area (Å²) in [6, 6.07) is 21.8. The number of rotatable bonds is 7. The van der Waals surface area contributed by atoms with Crippen molar-refractivity contribution in [1.82, 2.24) is 0 Å². The van der Waals surface area contributed by atoms with Gasteiger partial charge in [-0.3, -0.25) is 4.79 Å². The summed E-state index contributed by atoms with van der Waals surface area (Å²) in [4.78, 5) is 19.6. The third-order valence-electron chi connectivity index (χ3n) is 7.36. The highest BCUT2D eigenvalue weighted by Gasteiger charge is 2.33. The van der Waals surface area contributed by atoms with Crippen LogP contribution in [0.5, 0.6) is 5.75 Å². The van der Waals surface area contributed by atoms with Crippen LogP contribution < -0.4 is 10.1 Å². The van der Waals surface area contributed by atoms with Gasteiger partial charge < -0.3 is 10.1 Å². The summed E-state index contributed by atoms with van der Waals surface area (Å²) < 4.78 is 20.5. The SMILES string of the molecule is CC(C)(C)[C@@H]1CCc2c(sc(N=Cc3ccc(OCc4ccccc4F)c(Br)c3)c2C(=O)Nc2ccccc2)C1. The number of anilines is 1. The van der Waals surface area contributed by atoms with Crippen molar-refractivity contribution in [2.45, 2.75) is 46.6 Å². The molecule has 4 aromatic rings. The van der Waals surface area contributed by atoms with Gasteiger partial charge in [-0.15, -0.1) is 11.3 Å². The van der Waals surface area contributed by atoms with Crippen LogP contribution in [0.3, 0.4) is 0 Å².